The van der Waals surface area contributed by atoms with E-state index in [1.54, 1.807) is 0 Å². The summed E-state index contributed by atoms with van der Waals surface area (Å²) in [5.74, 6) is -0.0872. The van der Waals surface area contributed by atoms with Crippen molar-refractivity contribution in [2.45, 2.75) is 45.9 Å². The zero-order valence-electron chi connectivity index (χ0n) is 18.2. The van der Waals surface area contributed by atoms with Gasteiger partial charge in [-0.3, -0.25) is 9.69 Å². The zero-order valence-corrected chi connectivity index (χ0v) is 18.2. The number of hydrogen-bond donors (Lipinski definition) is 2. The van der Waals surface area contributed by atoms with Gasteiger partial charge < -0.3 is 10.4 Å². The van der Waals surface area contributed by atoms with Crippen LogP contribution in [0.15, 0.2) is 54.6 Å². The van der Waals surface area contributed by atoms with E-state index in [1.807, 2.05) is 48.9 Å². The summed E-state index contributed by atoms with van der Waals surface area (Å²) in [6.07, 6.45) is 1.57. The molecule has 1 fully saturated rings. The molecular weight excluding hydrogens is 388 g/mol. The number of carbonyl (C=O) groups excluding carboxylic acids is 1. The van der Waals surface area contributed by atoms with Crippen LogP contribution < -0.4 is 5.32 Å². The van der Waals surface area contributed by atoms with Crippen LogP contribution >= 0.6 is 0 Å². The number of amides is 1. The number of aryl methyl sites for hydroxylation is 2. The Morgan fingerprint density at radius 3 is 2.29 bits per heavy atom. The van der Waals surface area contributed by atoms with E-state index in [1.165, 1.54) is 5.56 Å². The molecule has 1 aliphatic rings. The number of hydrogen-bond acceptors (Lipinski definition) is 4. The molecule has 0 aliphatic carbocycles. The first-order chi connectivity index (χ1) is 15.0. The van der Waals surface area contributed by atoms with Crippen LogP contribution in [0.3, 0.4) is 0 Å². The number of aliphatic hydroxyl groups excluding tert-OH is 1. The number of nitrogens with one attached hydrogen (secondary N) is 1. The van der Waals surface area contributed by atoms with Gasteiger partial charge in [-0.05, 0) is 68.1 Å². The van der Waals surface area contributed by atoms with E-state index in [9.17, 15) is 9.90 Å². The van der Waals surface area contributed by atoms with Gasteiger partial charge >= 0.3 is 0 Å². The van der Waals surface area contributed by atoms with Crippen molar-refractivity contribution in [3.8, 4) is 5.69 Å². The standard InChI is InChI=1S/C25H30N4O2/c1-18-15-19(2)29(27-18)23-9-7-22(8-10-23)25(31)26-16-20-3-5-21(6-4-20)17-28-13-11-24(30)12-14-28/h3-10,15,24,30H,11-14,16-17H2,1-2H3,(H,26,31). The number of aromatic nitrogens is 2. The van der Waals surface area contributed by atoms with Gasteiger partial charge in [-0.2, -0.15) is 5.10 Å². The summed E-state index contributed by atoms with van der Waals surface area (Å²) in [6.45, 7) is 7.27. The minimum Gasteiger partial charge on any atom is -0.393 e. The number of benzene rings is 2. The molecule has 1 amide bonds. The van der Waals surface area contributed by atoms with Gasteiger partial charge in [-0.1, -0.05) is 24.3 Å². The van der Waals surface area contributed by atoms with Crippen LogP contribution in [0.4, 0.5) is 0 Å². The number of likely N-dealkylation sites (tertiary alicyclic amines) is 1. The van der Waals surface area contributed by atoms with Crippen molar-refractivity contribution in [2.75, 3.05) is 13.1 Å². The highest BCUT2D eigenvalue weighted by atomic mass is 16.3. The smallest absolute Gasteiger partial charge is 0.251 e. The molecule has 0 atom stereocenters. The first kappa shape index (κ1) is 21.3. The van der Waals surface area contributed by atoms with Crippen molar-refractivity contribution in [3.63, 3.8) is 0 Å². The Morgan fingerprint density at radius 1 is 1.03 bits per heavy atom. The monoisotopic (exact) mass is 418 g/mol. The molecule has 4 rings (SSSR count). The minimum atomic E-state index is -0.141. The highest BCUT2D eigenvalue weighted by Crippen LogP contribution is 2.15. The predicted octanol–water partition coefficient (Wildman–Crippen LogP) is 3.38. The summed E-state index contributed by atoms with van der Waals surface area (Å²) >= 11 is 0. The molecule has 1 aliphatic heterocycles. The Kier molecular flexibility index (Phi) is 6.49. The Balaban J connectivity index is 1.29. The van der Waals surface area contributed by atoms with Crippen LogP contribution in [-0.4, -0.2) is 44.9 Å². The SMILES string of the molecule is Cc1cc(C)n(-c2ccc(C(=O)NCc3ccc(CN4CCC(O)CC4)cc3)cc2)n1. The number of aliphatic hydroxyl groups is 1. The lowest BCUT2D eigenvalue weighted by Crippen LogP contribution is -2.35. The highest BCUT2D eigenvalue weighted by Gasteiger charge is 2.16. The summed E-state index contributed by atoms with van der Waals surface area (Å²) in [5, 5.41) is 17.1. The Bertz CT molecular complexity index is 1020. The fraction of sp³-hybridized carbons (Fsp3) is 0.360. The van der Waals surface area contributed by atoms with E-state index in [0.717, 1.165) is 55.1 Å². The molecule has 1 aromatic heterocycles. The van der Waals surface area contributed by atoms with E-state index >= 15 is 0 Å². The topological polar surface area (TPSA) is 70.4 Å². The second-order valence-electron chi connectivity index (χ2n) is 8.39. The lowest BCUT2D eigenvalue weighted by atomic mass is 10.1. The second-order valence-corrected chi connectivity index (χ2v) is 8.39. The molecule has 6 heteroatoms. The summed E-state index contributed by atoms with van der Waals surface area (Å²) in [4.78, 5) is 14.9. The van der Waals surface area contributed by atoms with Gasteiger partial charge in [0, 0.05) is 37.4 Å². The van der Waals surface area contributed by atoms with E-state index in [4.69, 9.17) is 0 Å². The molecule has 0 unspecified atom stereocenters. The Hall–Kier alpha value is -2.96. The van der Waals surface area contributed by atoms with Crippen molar-refractivity contribution >= 4 is 5.91 Å². The molecule has 162 valence electrons. The molecule has 2 heterocycles. The normalized spacial score (nSPS) is 15.2. The third-order valence-electron chi connectivity index (χ3n) is 5.82. The predicted molar refractivity (Wildman–Crippen MR) is 121 cm³/mol. The van der Waals surface area contributed by atoms with Gasteiger partial charge in [-0.25, -0.2) is 4.68 Å². The maximum atomic E-state index is 12.5. The average Bonchev–Trinajstić information content (AvgIpc) is 3.12. The van der Waals surface area contributed by atoms with Crippen LogP contribution in [0.2, 0.25) is 0 Å². The molecule has 0 spiro atoms. The van der Waals surface area contributed by atoms with Gasteiger partial charge in [0.05, 0.1) is 17.5 Å². The van der Waals surface area contributed by atoms with Crippen LogP contribution in [0, 0.1) is 13.8 Å². The minimum absolute atomic E-state index is 0.0872. The Labute approximate surface area is 183 Å². The van der Waals surface area contributed by atoms with E-state index in [-0.39, 0.29) is 12.0 Å². The molecule has 0 bridgehead atoms. The Morgan fingerprint density at radius 2 is 1.68 bits per heavy atom. The van der Waals surface area contributed by atoms with Gasteiger partial charge in [-0.15, -0.1) is 0 Å². The fourth-order valence-corrected chi connectivity index (χ4v) is 4.03. The summed E-state index contributed by atoms with van der Waals surface area (Å²) in [6, 6.07) is 17.9. The summed E-state index contributed by atoms with van der Waals surface area (Å²) in [7, 11) is 0. The molecular formula is C25H30N4O2. The van der Waals surface area contributed by atoms with Gasteiger partial charge in [0.1, 0.15) is 0 Å². The number of carbonyl (C=O) groups is 1. The van der Waals surface area contributed by atoms with Crippen molar-refractivity contribution in [1.82, 2.24) is 20.0 Å². The van der Waals surface area contributed by atoms with Crippen molar-refractivity contribution in [2.24, 2.45) is 0 Å². The first-order valence-electron chi connectivity index (χ1n) is 10.9. The first-order valence-corrected chi connectivity index (χ1v) is 10.9. The number of piperidine rings is 1. The molecule has 2 N–H and O–H groups in total. The van der Waals surface area contributed by atoms with Crippen LogP contribution in [0.5, 0.6) is 0 Å². The van der Waals surface area contributed by atoms with Crippen molar-refractivity contribution in [1.29, 1.82) is 0 Å². The average molecular weight is 419 g/mol. The number of nitrogens with zero attached hydrogens (tertiary/aromatic N) is 3. The molecule has 3 aromatic rings. The summed E-state index contributed by atoms with van der Waals surface area (Å²) < 4.78 is 1.88. The van der Waals surface area contributed by atoms with Crippen molar-refractivity contribution in [3.05, 3.63) is 82.7 Å². The van der Waals surface area contributed by atoms with Crippen LogP contribution in [0.1, 0.15) is 45.7 Å². The lowest BCUT2D eigenvalue weighted by Gasteiger charge is -2.29. The third kappa shape index (κ3) is 5.40. The third-order valence-corrected chi connectivity index (χ3v) is 5.82. The van der Waals surface area contributed by atoms with Crippen LogP contribution in [-0.2, 0) is 13.1 Å². The summed E-state index contributed by atoms with van der Waals surface area (Å²) in [5.41, 5.74) is 5.95. The van der Waals surface area contributed by atoms with Crippen LogP contribution in [0.25, 0.3) is 5.69 Å². The quantitative estimate of drug-likeness (QED) is 0.644. The van der Waals surface area contributed by atoms with E-state index in [0.29, 0.717) is 12.1 Å². The largest absolute Gasteiger partial charge is 0.393 e. The molecule has 0 saturated carbocycles. The molecule has 1 saturated heterocycles. The number of rotatable bonds is 6. The molecule has 6 nitrogen and oxygen atoms in total. The fourth-order valence-electron chi connectivity index (χ4n) is 4.03. The van der Waals surface area contributed by atoms with E-state index < -0.39 is 0 Å². The highest BCUT2D eigenvalue weighted by molar-refractivity contribution is 5.94. The second kappa shape index (κ2) is 9.45. The van der Waals surface area contributed by atoms with E-state index in [2.05, 4.69) is 39.6 Å². The maximum absolute atomic E-state index is 12.5. The molecule has 31 heavy (non-hydrogen) atoms. The van der Waals surface area contributed by atoms with Gasteiger partial charge in [0.15, 0.2) is 0 Å². The van der Waals surface area contributed by atoms with Gasteiger partial charge in [0.25, 0.3) is 5.91 Å². The molecule has 2 aromatic carbocycles. The maximum Gasteiger partial charge on any atom is 0.251 e. The van der Waals surface area contributed by atoms with Crippen molar-refractivity contribution < 1.29 is 9.90 Å². The lowest BCUT2D eigenvalue weighted by molar-refractivity contribution is 0.0792. The molecule has 0 radical (unpaired) electrons. The zero-order chi connectivity index (χ0) is 21.8. The van der Waals surface area contributed by atoms with Gasteiger partial charge in [0.2, 0.25) is 0 Å².